The van der Waals surface area contributed by atoms with E-state index in [1.165, 1.54) is 24.0 Å². The molecule has 0 aliphatic carbocycles. The van der Waals surface area contributed by atoms with Gasteiger partial charge in [-0.05, 0) is 64.5 Å². The number of hydrogen-bond acceptors (Lipinski definition) is 5. The number of nitrogens with one attached hydrogen (secondary N) is 2. The molecule has 0 bridgehead atoms. The van der Waals surface area contributed by atoms with Gasteiger partial charge in [-0.2, -0.15) is 9.67 Å². The minimum absolute atomic E-state index is 0.0732. The van der Waals surface area contributed by atoms with Gasteiger partial charge < -0.3 is 5.11 Å². The second kappa shape index (κ2) is 10.6. The van der Waals surface area contributed by atoms with E-state index in [9.17, 15) is 9.90 Å². The molecule has 5 aromatic rings. The normalized spacial score (nSPS) is 11.2. The largest absolute Gasteiger partial charge is 0.872 e. The summed E-state index contributed by atoms with van der Waals surface area (Å²) in [6.45, 7) is 0. The number of aromatic amines is 1. The molecule has 7 nitrogen and oxygen atoms in total. The number of nitrogens with zero attached hydrogens (tertiary/aromatic N) is 3. The maximum Gasteiger partial charge on any atom is 0.342 e. The monoisotopic (exact) mass is 513 g/mol. The zero-order valence-electron chi connectivity index (χ0n) is 18.9. The van der Waals surface area contributed by atoms with Crippen molar-refractivity contribution in [2.24, 2.45) is 5.10 Å². The Kier molecular flexibility index (Phi) is 6.97. The molecule has 0 radical (unpaired) electrons. The quantitative estimate of drug-likeness (QED) is 0.145. The fourth-order valence-electron chi connectivity index (χ4n) is 3.75. The van der Waals surface area contributed by atoms with Crippen LogP contribution in [0.2, 0.25) is 5.02 Å². The van der Waals surface area contributed by atoms with Crippen molar-refractivity contribution in [1.82, 2.24) is 15.6 Å². The van der Waals surface area contributed by atoms with Gasteiger partial charge in [0, 0.05) is 5.02 Å². The highest BCUT2D eigenvalue weighted by molar-refractivity contribution is 7.99. The van der Waals surface area contributed by atoms with Crippen LogP contribution in [0.15, 0.2) is 101 Å². The fraction of sp³-hybridized carbons (Fsp3) is 0.0370. The lowest BCUT2D eigenvalue weighted by molar-refractivity contribution is -0.625. The van der Waals surface area contributed by atoms with Crippen LogP contribution < -0.4 is 15.1 Å². The van der Waals surface area contributed by atoms with Gasteiger partial charge in [0.15, 0.2) is 0 Å². The van der Waals surface area contributed by atoms with Crippen LogP contribution in [0.1, 0.15) is 5.56 Å². The Bertz CT molecular complexity index is 1550. The molecule has 0 aliphatic heterocycles. The Hall–Kier alpha value is -4.14. The molecule has 9 heteroatoms. The molecule has 2 N–H and O–H groups in total. The summed E-state index contributed by atoms with van der Waals surface area (Å²) in [6, 6.07) is 28.0. The second-order valence-electron chi connectivity index (χ2n) is 7.81. The highest BCUT2D eigenvalue weighted by atomic mass is 35.5. The molecule has 0 unspecified atom stereocenters. The third-order valence-corrected chi connectivity index (χ3v) is 6.64. The Morgan fingerprint density at radius 3 is 2.58 bits per heavy atom. The predicted octanol–water partition coefficient (Wildman–Crippen LogP) is 4.48. The second-order valence-corrected chi connectivity index (χ2v) is 9.19. The summed E-state index contributed by atoms with van der Waals surface area (Å²) in [4.78, 5) is 12.5. The molecule has 0 spiro atoms. The van der Waals surface area contributed by atoms with Crippen LogP contribution in [0.3, 0.4) is 0 Å². The molecular formula is C27H20ClN5O2S. The minimum Gasteiger partial charge on any atom is -0.872 e. The topological polar surface area (TPSA) is 97.1 Å². The molecule has 1 heterocycles. The van der Waals surface area contributed by atoms with Crippen molar-refractivity contribution in [1.29, 1.82) is 0 Å². The van der Waals surface area contributed by atoms with Crippen molar-refractivity contribution < 1.29 is 14.5 Å². The molecule has 0 saturated heterocycles. The number of carbonyl (C=O) groups is 1. The number of hydrogen-bond donors (Lipinski definition) is 2. The molecule has 1 aromatic heterocycles. The van der Waals surface area contributed by atoms with E-state index in [4.69, 9.17) is 11.6 Å². The van der Waals surface area contributed by atoms with Gasteiger partial charge in [0.2, 0.25) is 0 Å². The van der Waals surface area contributed by atoms with Crippen molar-refractivity contribution in [2.45, 2.75) is 5.16 Å². The first-order valence-corrected chi connectivity index (χ1v) is 12.4. The number of carbonyl (C=O) groups excluding carboxylic acids is 1. The number of rotatable bonds is 7. The minimum atomic E-state index is -0.323. The number of H-pyrrole nitrogens is 1. The average molecular weight is 514 g/mol. The van der Waals surface area contributed by atoms with Crippen molar-refractivity contribution in [3.05, 3.63) is 102 Å². The van der Waals surface area contributed by atoms with E-state index in [0.29, 0.717) is 15.7 Å². The summed E-state index contributed by atoms with van der Waals surface area (Å²) in [6.07, 6.45) is 1.39. The van der Waals surface area contributed by atoms with E-state index in [0.717, 1.165) is 27.8 Å². The molecule has 1 amide bonds. The van der Waals surface area contributed by atoms with Crippen LogP contribution in [0.5, 0.6) is 5.75 Å². The van der Waals surface area contributed by atoms with Crippen LogP contribution in [-0.2, 0) is 4.79 Å². The van der Waals surface area contributed by atoms with Crippen LogP contribution >= 0.6 is 23.4 Å². The van der Waals surface area contributed by atoms with Gasteiger partial charge in [-0.1, -0.05) is 71.9 Å². The van der Waals surface area contributed by atoms with Gasteiger partial charge in [-0.25, -0.2) is 5.43 Å². The Labute approximate surface area is 216 Å². The Morgan fingerprint density at radius 1 is 1.03 bits per heavy atom. The lowest BCUT2D eigenvalue weighted by atomic mass is 10.0. The Morgan fingerprint density at radius 2 is 1.78 bits per heavy atom. The van der Waals surface area contributed by atoms with Gasteiger partial charge in [0.1, 0.15) is 5.69 Å². The van der Waals surface area contributed by atoms with Gasteiger partial charge in [-0.3, -0.25) is 4.79 Å². The standard InChI is InChI=1S/C27H20ClN5O2S/c28-20-11-13-21(14-12-20)33-26(19-7-2-1-3-8-19)31-32-27(33)36-17-25(35)30-29-16-23-22-9-5-4-6-18(22)10-15-24(23)34/h1-16H,17H2,(H2,29,30,34,35). The molecule has 178 valence electrons. The zero-order valence-corrected chi connectivity index (χ0v) is 20.5. The van der Waals surface area contributed by atoms with Crippen LogP contribution in [-0.4, -0.2) is 28.1 Å². The third-order valence-electron chi connectivity index (χ3n) is 5.45. The first-order valence-electron chi connectivity index (χ1n) is 11.1. The summed E-state index contributed by atoms with van der Waals surface area (Å²) < 4.78 is 1.94. The summed E-state index contributed by atoms with van der Waals surface area (Å²) in [5, 5.41) is 26.8. The van der Waals surface area contributed by atoms with Gasteiger partial charge >= 0.3 is 5.16 Å². The SMILES string of the molecule is O=C(CSc1n[nH]c(-c2ccccc2)[n+]1-c1ccc(Cl)cc1)NN=Cc1c([O-])ccc2ccccc12. The smallest absolute Gasteiger partial charge is 0.342 e. The van der Waals surface area contributed by atoms with Crippen molar-refractivity contribution in [2.75, 3.05) is 5.75 Å². The van der Waals surface area contributed by atoms with Crippen LogP contribution in [0.4, 0.5) is 0 Å². The summed E-state index contributed by atoms with van der Waals surface area (Å²) in [5.41, 5.74) is 4.74. The van der Waals surface area contributed by atoms with Crippen molar-refractivity contribution >= 4 is 46.3 Å². The lowest BCUT2D eigenvalue weighted by Gasteiger charge is -2.12. The maximum absolute atomic E-state index is 12.5. The first kappa shape index (κ1) is 23.6. The molecule has 0 saturated carbocycles. The van der Waals surface area contributed by atoms with E-state index in [2.05, 4.69) is 20.7 Å². The molecule has 4 aromatic carbocycles. The lowest BCUT2D eigenvalue weighted by Crippen LogP contribution is -2.34. The molecule has 0 atom stereocenters. The molecular weight excluding hydrogens is 494 g/mol. The first-order chi connectivity index (χ1) is 17.6. The molecule has 0 fully saturated rings. The van der Waals surface area contributed by atoms with E-state index >= 15 is 0 Å². The highest BCUT2D eigenvalue weighted by Crippen LogP contribution is 2.24. The van der Waals surface area contributed by atoms with Crippen molar-refractivity contribution in [3.8, 4) is 22.8 Å². The van der Waals surface area contributed by atoms with E-state index in [-0.39, 0.29) is 17.4 Å². The van der Waals surface area contributed by atoms with Crippen LogP contribution in [0, 0.1) is 0 Å². The zero-order chi connectivity index (χ0) is 24.9. The third kappa shape index (κ3) is 5.10. The van der Waals surface area contributed by atoms with E-state index in [1.54, 1.807) is 18.2 Å². The van der Waals surface area contributed by atoms with Gasteiger partial charge in [0.25, 0.3) is 11.7 Å². The number of amides is 1. The molecule has 0 aliphatic rings. The number of halogens is 1. The maximum atomic E-state index is 12.5. The van der Waals surface area contributed by atoms with Gasteiger partial charge in [-0.15, -0.1) is 5.10 Å². The molecule has 5 rings (SSSR count). The average Bonchev–Trinajstić information content (AvgIpc) is 3.33. The summed E-state index contributed by atoms with van der Waals surface area (Å²) in [5.74, 6) is 0.368. The number of thioether (sulfide) groups is 1. The number of hydrazone groups is 1. The van der Waals surface area contributed by atoms with Crippen LogP contribution in [0.25, 0.3) is 27.8 Å². The summed E-state index contributed by atoms with van der Waals surface area (Å²) in [7, 11) is 0. The molecule has 36 heavy (non-hydrogen) atoms. The Balaban J connectivity index is 1.33. The fourth-order valence-corrected chi connectivity index (χ4v) is 4.64. The highest BCUT2D eigenvalue weighted by Gasteiger charge is 2.24. The number of fused-ring (bicyclic) bond motifs is 1. The van der Waals surface area contributed by atoms with Crippen molar-refractivity contribution in [3.63, 3.8) is 0 Å². The number of benzene rings is 4. The van der Waals surface area contributed by atoms with E-state index in [1.807, 2.05) is 71.3 Å². The van der Waals surface area contributed by atoms with Gasteiger partial charge in [0.05, 0.1) is 22.6 Å². The predicted molar refractivity (Wildman–Crippen MR) is 140 cm³/mol. The number of aromatic nitrogens is 3. The summed E-state index contributed by atoms with van der Waals surface area (Å²) >= 11 is 7.34. The van der Waals surface area contributed by atoms with E-state index < -0.39 is 0 Å².